The van der Waals surface area contributed by atoms with Gasteiger partial charge in [-0.3, -0.25) is 4.79 Å². The SMILES string of the molecule is C=C[C@@H](CCNC(=O)OC)CC(=O)OC. The summed E-state index contributed by atoms with van der Waals surface area (Å²) in [6.07, 6.45) is 2.11. The van der Waals surface area contributed by atoms with Crippen LogP contribution in [0.1, 0.15) is 12.8 Å². The maximum Gasteiger partial charge on any atom is 0.406 e. The van der Waals surface area contributed by atoms with Crippen molar-refractivity contribution in [3.05, 3.63) is 12.7 Å². The van der Waals surface area contributed by atoms with E-state index in [4.69, 9.17) is 0 Å². The molecule has 0 saturated carbocycles. The van der Waals surface area contributed by atoms with Crippen LogP contribution in [-0.4, -0.2) is 32.8 Å². The van der Waals surface area contributed by atoms with E-state index >= 15 is 0 Å². The van der Waals surface area contributed by atoms with Crippen LogP contribution in [0.2, 0.25) is 0 Å². The highest BCUT2D eigenvalue weighted by Crippen LogP contribution is 2.09. The maximum absolute atomic E-state index is 11.0. The summed E-state index contributed by atoms with van der Waals surface area (Å²) in [6.45, 7) is 4.06. The van der Waals surface area contributed by atoms with Crippen LogP contribution in [0.4, 0.5) is 4.79 Å². The first kappa shape index (κ1) is 13.5. The summed E-state index contributed by atoms with van der Waals surface area (Å²) in [4.78, 5) is 21.7. The van der Waals surface area contributed by atoms with Crippen molar-refractivity contribution < 1.29 is 19.1 Å². The Morgan fingerprint density at radius 1 is 1.40 bits per heavy atom. The number of carbonyl (C=O) groups is 2. The number of nitrogens with one attached hydrogen (secondary N) is 1. The molecule has 1 atom stereocenters. The van der Waals surface area contributed by atoms with Gasteiger partial charge in [0.15, 0.2) is 0 Å². The van der Waals surface area contributed by atoms with Gasteiger partial charge in [0, 0.05) is 6.54 Å². The second-order valence-corrected chi connectivity index (χ2v) is 2.98. The summed E-state index contributed by atoms with van der Waals surface area (Å²) < 4.78 is 8.93. The second-order valence-electron chi connectivity index (χ2n) is 2.98. The maximum atomic E-state index is 11.0. The number of amides is 1. The highest BCUT2D eigenvalue weighted by Gasteiger charge is 2.11. The number of esters is 1. The van der Waals surface area contributed by atoms with Gasteiger partial charge in [-0.05, 0) is 12.3 Å². The Kier molecular flexibility index (Phi) is 7.05. The fourth-order valence-electron chi connectivity index (χ4n) is 1.03. The molecule has 0 unspecified atom stereocenters. The molecule has 0 aliphatic carbocycles. The molecule has 5 heteroatoms. The minimum atomic E-state index is -0.476. The quantitative estimate of drug-likeness (QED) is 0.532. The molecular formula is C10H17NO4. The van der Waals surface area contributed by atoms with Crippen LogP contribution in [0.25, 0.3) is 0 Å². The van der Waals surface area contributed by atoms with Gasteiger partial charge in [0.05, 0.1) is 20.6 Å². The predicted octanol–water partition coefficient (Wildman–Crippen LogP) is 1.10. The Labute approximate surface area is 89.4 Å². The van der Waals surface area contributed by atoms with E-state index in [-0.39, 0.29) is 18.3 Å². The average Bonchev–Trinajstić information content (AvgIpc) is 2.26. The monoisotopic (exact) mass is 215 g/mol. The molecule has 5 nitrogen and oxygen atoms in total. The van der Waals surface area contributed by atoms with E-state index in [0.29, 0.717) is 13.0 Å². The number of hydrogen-bond donors (Lipinski definition) is 1. The Morgan fingerprint density at radius 3 is 2.53 bits per heavy atom. The van der Waals surface area contributed by atoms with Gasteiger partial charge in [0.1, 0.15) is 0 Å². The molecule has 1 N–H and O–H groups in total. The number of allylic oxidation sites excluding steroid dienone is 1. The summed E-state index contributed by atoms with van der Waals surface area (Å²) in [5.41, 5.74) is 0. The summed E-state index contributed by atoms with van der Waals surface area (Å²) in [7, 11) is 2.64. The molecule has 0 bridgehead atoms. The fourth-order valence-corrected chi connectivity index (χ4v) is 1.03. The Bertz CT molecular complexity index is 227. The summed E-state index contributed by atoms with van der Waals surface area (Å²) >= 11 is 0. The third-order valence-corrected chi connectivity index (χ3v) is 1.96. The van der Waals surface area contributed by atoms with E-state index in [1.807, 2.05) is 0 Å². The Hall–Kier alpha value is -1.52. The molecule has 0 heterocycles. The minimum Gasteiger partial charge on any atom is -0.469 e. The number of ether oxygens (including phenoxy) is 2. The Morgan fingerprint density at radius 2 is 2.07 bits per heavy atom. The number of carbonyl (C=O) groups excluding carboxylic acids is 2. The van der Waals surface area contributed by atoms with Crippen LogP contribution < -0.4 is 5.32 Å². The first-order chi connectivity index (χ1) is 7.13. The van der Waals surface area contributed by atoms with Crippen LogP contribution in [-0.2, 0) is 14.3 Å². The lowest BCUT2D eigenvalue weighted by atomic mass is 10.0. The fraction of sp³-hybridized carbons (Fsp3) is 0.600. The van der Waals surface area contributed by atoms with E-state index in [9.17, 15) is 9.59 Å². The molecule has 0 aromatic heterocycles. The third kappa shape index (κ3) is 6.54. The van der Waals surface area contributed by atoms with Crippen LogP contribution in [0.3, 0.4) is 0 Å². The number of hydrogen-bond acceptors (Lipinski definition) is 4. The lowest BCUT2D eigenvalue weighted by molar-refractivity contribution is -0.141. The number of methoxy groups -OCH3 is 2. The summed E-state index contributed by atoms with van der Waals surface area (Å²) in [5.74, 6) is -0.271. The molecule has 0 saturated heterocycles. The molecule has 86 valence electrons. The molecule has 0 aromatic rings. The molecule has 0 aliphatic rings. The average molecular weight is 215 g/mol. The molecule has 0 radical (unpaired) electrons. The largest absolute Gasteiger partial charge is 0.469 e. The van der Waals surface area contributed by atoms with Crippen molar-refractivity contribution >= 4 is 12.1 Å². The van der Waals surface area contributed by atoms with Crippen molar-refractivity contribution in [1.82, 2.24) is 5.32 Å². The molecule has 0 aliphatic heterocycles. The number of rotatable bonds is 6. The second kappa shape index (κ2) is 7.84. The molecule has 0 fully saturated rings. The first-order valence-corrected chi connectivity index (χ1v) is 4.65. The lowest BCUT2D eigenvalue weighted by Crippen LogP contribution is -2.25. The number of alkyl carbamates (subject to hydrolysis) is 1. The third-order valence-electron chi connectivity index (χ3n) is 1.96. The van der Waals surface area contributed by atoms with Crippen molar-refractivity contribution in [3.63, 3.8) is 0 Å². The van der Waals surface area contributed by atoms with Crippen molar-refractivity contribution in [2.45, 2.75) is 12.8 Å². The summed E-state index contributed by atoms with van der Waals surface area (Å²) in [5, 5.41) is 2.53. The van der Waals surface area contributed by atoms with Crippen LogP contribution in [0, 0.1) is 5.92 Å². The molecule has 0 spiro atoms. The van der Waals surface area contributed by atoms with Crippen LogP contribution in [0.5, 0.6) is 0 Å². The van der Waals surface area contributed by atoms with E-state index < -0.39 is 6.09 Å². The molecule has 15 heavy (non-hydrogen) atoms. The van der Waals surface area contributed by atoms with Gasteiger partial charge < -0.3 is 14.8 Å². The lowest BCUT2D eigenvalue weighted by Gasteiger charge is -2.10. The van der Waals surface area contributed by atoms with E-state index in [1.54, 1.807) is 6.08 Å². The van der Waals surface area contributed by atoms with E-state index in [2.05, 4.69) is 21.4 Å². The minimum absolute atomic E-state index is 0.00889. The standard InChI is InChI=1S/C10H17NO4/c1-4-8(7-9(12)14-2)5-6-11-10(13)15-3/h4,8H,1,5-7H2,2-3H3,(H,11,13)/t8-/m0/s1. The highest BCUT2D eigenvalue weighted by molar-refractivity contribution is 5.69. The van der Waals surface area contributed by atoms with Gasteiger partial charge in [0.25, 0.3) is 0 Å². The first-order valence-electron chi connectivity index (χ1n) is 4.65. The van der Waals surface area contributed by atoms with Crippen molar-refractivity contribution in [3.8, 4) is 0 Å². The highest BCUT2D eigenvalue weighted by atomic mass is 16.5. The van der Waals surface area contributed by atoms with Gasteiger partial charge in [0.2, 0.25) is 0 Å². The zero-order chi connectivity index (χ0) is 11.7. The molecule has 0 rings (SSSR count). The zero-order valence-electron chi connectivity index (χ0n) is 9.12. The molecule has 1 amide bonds. The van der Waals surface area contributed by atoms with E-state index in [0.717, 1.165) is 0 Å². The normalized spacial score (nSPS) is 11.3. The van der Waals surface area contributed by atoms with Gasteiger partial charge in [-0.15, -0.1) is 6.58 Å². The smallest absolute Gasteiger partial charge is 0.406 e. The van der Waals surface area contributed by atoms with Crippen molar-refractivity contribution in [1.29, 1.82) is 0 Å². The van der Waals surface area contributed by atoms with Gasteiger partial charge >= 0.3 is 12.1 Å². The van der Waals surface area contributed by atoms with Crippen LogP contribution >= 0.6 is 0 Å². The van der Waals surface area contributed by atoms with Gasteiger partial charge in [-0.2, -0.15) is 0 Å². The van der Waals surface area contributed by atoms with Gasteiger partial charge in [-0.1, -0.05) is 6.08 Å². The summed E-state index contributed by atoms with van der Waals surface area (Å²) in [6, 6.07) is 0. The molecular weight excluding hydrogens is 198 g/mol. The van der Waals surface area contributed by atoms with Crippen molar-refractivity contribution in [2.24, 2.45) is 5.92 Å². The van der Waals surface area contributed by atoms with E-state index in [1.165, 1.54) is 14.2 Å². The zero-order valence-corrected chi connectivity index (χ0v) is 9.12. The van der Waals surface area contributed by atoms with Gasteiger partial charge in [-0.25, -0.2) is 4.79 Å². The molecule has 0 aromatic carbocycles. The predicted molar refractivity (Wildman–Crippen MR) is 55.3 cm³/mol. The van der Waals surface area contributed by atoms with Crippen molar-refractivity contribution in [2.75, 3.05) is 20.8 Å². The Balaban J connectivity index is 3.75. The topological polar surface area (TPSA) is 64.6 Å². The van der Waals surface area contributed by atoms with Crippen LogP contribution in [0.15, 0.2) is 12.7 Å².